The first kappa shape index (κ1) is 22.3. The number of hydrogen-bond acceptors (Lipinski definition) is 6. The van der Waals surface area contributed by atoms with Crippen LogP contribution in [-0.4, -0.2) is 35.9 Å². The van der Waals surface area contributed by atoms with Crippen LogP contribution in [0.25, 0.3) is 6.08 Å². The standard InChI is InChI=1S/C23H17F2N3O4S/c1-14(29)28(20-7-5-16(24)12-19(20)25)22-26-17(13-33-22)6-8-21(30)15-3-2-4-18(11-15)27-9-10-32-23(27)31/h2-8,11-13H,9-10H2,1H3/b8-6+. The highest BCUT2D eigenvalue weighted by atomic mass is 32.1. The Kier molecular flexibility index (Phi) is 6.27. The number of benzene rings is 2. The predicted octanol–water partition coefficient (Wildman–Crippen LogP) is 4.96. The second-order valence-corrected chi connectivity index (χ2v) is 7.86. The first-order valence-electron chi connectivity index (χ1n) is 9.81. The Labute approximate surface area is 191 Å². The predicted molar refractivity (Wildman–Crippen MR) is 120 cm³/mol. The quantitative estimate of drug-likeness (QED) is 0.377. The molecule has 3 aromatic rings. The maximum atomic E-state index is 14.2. The number of halogens is 2. The highest BCUT2D eigenvalue weighted by molar-refractivity contribution is 7.14. The van der Waals surface area contributed by atoms with Gasteiger partial charge in [0.05, 0.1) is 17.9 Å². The molecule has 1 saturated heterocycles. The molecule has 10 heteroatoms. The fourth-order valence-corrected chi connectivity index (χ4v) is 4.09. The number of thiazole rings is 1. The summed E-state index contributed by atoms with van der Waals surface area (Å²) in [5, 5.41) is 1.78. The van der Waals surface area contributed by atoms with Crippen LogP contribution in [0.3, 0.4) is 0 Å². The van der Waals surface area contributed by atoms with Gasteiger partial charge in [-0.3, -0.25) is 19.4 Å². The summed E-state index contributed by atoms with van der Waals surface area (Å²) >= 11 is 1.07. The number of allylic oxidation sites excluding steroid dienone is 1. The molecule has 1 fully saturated rings. The van der Waals surface area contributed by atoms with Crippen LogP contribution in [0.4, 0.5) is 30.1 Å². The van der Waals surface area contributed by atoms with E-state index in [-0.39, 0.29) is 16.6 Å². The number of carbonyl (C=O) groups excluding carboxylic acids is 3. The van der Waals surface area contributed by atoms with Crippen molar-refractivity contribution in [3.63, 3.8) is 0 Å². The molecule has 7 nitrogen and oxygen atoms in total. The van der Waals surface area contributed by atoms with Gasteiger partial charge in [0.15, 0.2) is 10.9 Å². The number of cyclic esters (lactones) is 1. The molecule has 4 rings (SSSR count). The Bertz CT molecular complexity index is 1270. The summed E-state index contributed by atoms with van der Waals surface area (Å²) in [5.41, 5.74) is 1.20. The van der Waals surface area contributed by atoms with E-state index in [0.717, 1.165) is 28.4 Å². The average Bonchev–Trinajstić information content (AvgIpc) is 3.42. The lowest BCUT2D eigenvalue weighted by Crippen LogP contribution is -2.23. The van der Waals surface area contributed by atoms with E-state index in [1.807, 2.05) is 0 Å². The molecule has 1 aliphatic heterocycles. The summed E-state index contributed by atoms with van der Waals surface area (Å²) in [7, 11) is 0. The number of hydrogen-bond donors (Lipinski definition) is 0. The van der Waals surface area contributed by atoms with Gasteiger partial charge in [-0.05, 0) is 36.4 Å². The van der Waals surface area contributed by atoms with Gasteiger partial charge >= 0.3 is 6.09 Å². The van der Waals surface area contributed by atoms with Crippen LogP contribution < -0.4 is 9.80 Å². The van der Waals surface area contributed by atoms with E-state index in [2.05, 4.69) is 4.98 Å². The second-order valence-electron chi connectivity index (χ2n) is 7.02. The van der Waals surface area contributed by atoms with E-state index >= 15 is 0 Å². The molecule has 0 aliphatic carbocycles. The molecular weight excluding hydrogens is 452 g/mol. The smallest absolute Gasteiger partial charge is 0.414 e. The van der Waals surface area contributed by atoms with Crippen molar-refractivity contribution in [2.75, 3.05) is 23.0 Å². The third kappa shape index (κ3) is 4.80. The van der Waals surface area contributed by atoms with Crippen molar-refractivity contribution >= 4 is 51.7 Å². The number of ketones is 1. The molecule has 2 amide bonds. The van der Waals surface area contributed by atoms with Gasteiger partial charge in [0.1, 0.15) is 18.2 Å². The molecule has 0 bridgehead atoms. The summed E-state index contributed by atoms with van der Waals surface area (Å²) in [6, 6.07) is 9.51. The van der Waals surface area contributed by atoms with E-state index in [4.69, 9.17) is 4.74 Å². The maximum Gasteiger partial charge on any atom is 0.414 e. The SMILES string of the molecule is CC(=O)N(c1nc(/C=C/C(=O)c2cccc(N3CCOC3=O)c2)cs1)c1ccc(F)cc1F. The molecule has 0 saturated carbocycles. The van der Waals surface area contributed by atoms with Crippen LogP contribution in [0.1, 0.15) is 23.0 Å². The monoisotopic (exact) mass is 469 g/mol. The van der Waals surface area contributed by atoms with Crippen molar-refractivity contribution in [2.24, 2.45) is 0 Å². The number of anilines is 3. The number of amides is 2. The minimum atomic E-state index is -0.894. The number of aromatic nitrogens is 1. The van der Waals surface area contributed by atoms with E-state index < -0.39 is 23.6 Å². The fraction of sp³-hybridized carbons (Fsp3) is 0.130. The minimum Gasteiger partial charge on any atom is -0.447 e. The van der Waals surface area contributed by atoms with Gasteiger partial charge in [-0.2, -0.15) is 0 Å². The van der Waals surface area contributed by atoms with Crippen LogP contribution in [0.2, 0.25) is 0 Å². The highest BCUT2D eigenvalue weighted by Crippen LogP contribution is 2.31. The van der Waals surface area contributed by atoms with Crippen molar-refractivity contribution < 1.29 is 27.9 Å². The third-order valence-electron chi connectivity index (χ3n) is 4.78. The Morgan fingerprint density at radius 1 is 1.21 bits per heavy atom. The Balaban J connectivity index is 1.53. The minimum absolute atomic E-state index is 0.123. The van der Waals surface area contributed by atoms with Crippen molar-refractivity contribution in [3.8, 4) is 0 Å². The van der Waals surface area contributed by atoms with Gasteiger partial charge in [0.25, 0.3) is 0 Å². The van der Waals surface area contributed by atoms with E-state index in [1.165, 1.54) is 24.0 Å². The lowest BCUT2D eigenvalue weighted by Gasteiger charge is -2.18. The average molecular weight is 469 g/mol. The number of rotatable bonds is 6. The topological polar surface area (TPSA) is 79.8 Å². The lowest BCUT2D eigenvalue weighted by atomic mass is 10.1. The van der Waals surface area contributed by atoms with Gasteiger partial charge in [-0.15, -0.1) is 11.3 Å². The van der Waals surface area contributed by atoms with Crippen molar-refractivity contribution in [1.29, 1.82) is 0 Å². The van der Waals surface area contributed by atoms with Gasteiger partial charge in [0.2, 0.25) is 5.91 Å². The third-order valence-corrected chi connectivity index (χ3v) is 5.62. The van der Waals surface area contributed by atoms with Crippen molar-refractivity contribution in [3.05, 3.63) is 76.8 Å². The molecule has 1 aliphatic rings. The van der Waals surface area contributed by atoms with Crippen molar-refractivity contribution in [2.45, 2.75) is 6.92 Å². The molecule has 2 heterocycles. The van der Waals surface area contributed by atoms with E-state index in [9.17, 15) is 23.2 Å². The summed E-state index contributed by atoms with van der Waals surface area (Å²) in [4.78, 5) is 43.3. The zero-order valence-corrected chi connectivity index (χ0v) is 18.1. The summed E-state index contributed by atoms with van der Waals surface area (Å²) in [6.45, 7) is 1.95. The molecule has 1 aromatic heterocycles. The molecule has 0 radical (unpaired) electrons. The number of carbonyl (C=O) groups is 3. The normalized spacial score (nSPS) is 13.4. The van der Waals surface area contributed by atoms with Gasteiger partial charge in [0, 0.05) is 29.6 Å². The maximum absolute atomic E-state index is 14.2. The number of nitrogens with zero attached hydrogens (tertiary/aromatic N) is 3. The second kappa shape index (κ2) is 9.29. The molecule has 0 unspecified atom stereocenters. The first-order chi connectivity index (χ1) is 15.8. The molecule has 33 heavy (non-hydrogen) atoms. The Hall–Kier alpha value is -3.92. The summed E-state index contributed by atoms with van der Waals surface area (Å²) in [5.74, 6) is -2.47. The molecule has 0 N–H and O–H groups in total. The van der Waals surface area contributed by atoms with Crippen LogP contribution in [-0.2, 0) is 9.53 Å². The highest BCUT2D eigenvalue weighted by Gasteiger charge is 2.24. The molecule has 0 atom stereocenters. The van der Waals surface area contributed by atoms with Crippen LogP contribution in [0, 0.1) is 11.6 Å². The van der Waals surface area contributed by atoms with Gasteiger partial charge < -0.3 is 4.74 Å². The Morgan fingerprint density at radius 3 is 2.73 bits per heavy atom. The Morgan fingerprint density at radius 2 is 2.03 bits per heavy atom. The first-order valence-corrected chi connectivity index (χ1v) is 10.7. The van der Waals surface area contributed by atoms with E-state index in [1.54, 1.807) is 29.6 Å². The lowest BCUT2D eigenvalue weighted by molar-refractivity contribution is -0.115. The van der Waals surface area contributed by atoms with E-state index in [0.29, 0.717) is 36.2 Å². The zero-order chi connectivity index (χ0) is 23.5. The summed E-state index contributed by atoms with van der Waals surface area (Å²) in [6.07, 6.45) is 2.33. The number of ether oxygens (including phenoxy) is 1. The zero-order valence-electron chi connectivity index (χ0n) is 17.3. The van der Waals surface area contributed by atoms with Crippen LogP contribution >= 0.6 is 11.3 Å². The fourth-order valence-electron chi connectivity index (χ4n) is 3.24. The molecule has 2 aromatic carbocycles. The van der Waals surface area contributed by atoms with Crippen LogP contribution in [0.5, 0.6) is 0 Å². The van der Waals surface area contributed by atoms with Crippen LogP contribution in [0.15, 0.2) is 53.9 Å². The van der Waals surface area contributed by atoms with Gasteiger partial charge in [-0.25, -0.2) is 18.6 Å². The largest absolute Gasteiger partial charge is 0.447 e. The molecule has 168 valence electrons. The van der Waals surface area contributed by atoms with Gasteiger partial charge in [-0.1, -0.05) is 12.1 Å². The summed E-state index contributed by atoms with van der Waals surface area (Å²) < 4.78 is 32.4. The molecule has 0 spiro atoms. The van der Waals surface area contributed by atoms with Crippen molar-refractivity contribution in [1.82, 2.24) is 4.98 Å². The molecular formula is C23H17F2N3O4S.